The number of hydrogen-bond acceptors (Lipinski definition) is 3. The number of fused-ring (bicyclic) bond motifs is 1. The molecule has 3 aromatic rings. The van der Waals surface area contributed by atoms with E-state index >= 15 is 0 Å². The van der Waals surface area contributed by atoms with E-state index in [1.165, 1.54) is 0 Å². The molecule has 0 saturated heterocycles. The molecule has 3 heteroatoms. The van der Waals surface area contributed by atoms with Crippen molar-refractivity contribution >= 4 is 10.8 Å². The third-order valence-corrected chi connectivity index (χ3v) is 2.80. The van der Waals surface area contributed by atoms with Crippen LogP contribution < -0.4 is 10.5 Å². The molecule has 2 N–H and O–H groups in total. The summed E-state index contributed by atoms with van der Waals surface area (Å²) in [4.78, 5) is 0. The Morgan fingerprint density at radius 3 is 2.61 bits per heavy atom. The Morgan fingerprint density at radius 1 is 0.944 bits per heavy atom. The van der Waals surface area contributed by atoms with Gasteiger partial charge in [-0.15, -0.1) is 0 Å². The topological polar surface area (TPSA) is 48.4 Å². The second-order valence-corrected chi connectivity index (χ2v) is 4.00. The first kappa shape index (κ1) is 10.9. The summed E-state index contributed by atoms with van der Waals surface area (Å²) in [5.74, 6) is 1.96. The highest BCUT2D eigenvalue weighted by Crippen LogP contribution is 2.30. The largest absolute Gasteiger partial charge is 0.429 e. The van der Waals surface area contributed by atoms with Crippen LogP contribution >= 0.6 is 0 Å². The average molecular weight is 239 g/mol. The van der Waals surface area contributed by atoms with Gasteiger partial charge in [-0.25, -0.2) is 0 Å². The lowest BCUT2D eigenvalue weighted by Crippen LogP contribution is -1.92. The molecule has 0 aliphatic heterocycles. The van der Waals surface area contributed by atoms with Gasteiger partial charge < -0.3 is 14.9 Å². The Balaban J connectivity index is 1.99. The van der Waals surface area contributed by atoms with Crippen molar-refractivity contribution in [3.05, 3.63) is 60.4 Å². The van der Waals surface area contributed by atoms with Crippen LogP contribution in [0, 0.1) is 0 Å². The first-order valence-corrected chi connectivity index (χ1v) is 5.81. The Kier molecular flexibility index (Phi) is 2.74. The molecule has 0 aliphatic carbocycles. The summed E-state index contributed by atoms with van der Waals surface area (Å²) in [5.41, 5.74) is 5.50. The summed E-state index contributed by atoms with van der Waals surface area (Å²) in [6.45, 7) is 0.374. The van der Waals surface area contributed by atoms with Gasteiger partial charge in [0, 0.05) is 11.5 Å². The van der Waals surface area contributed by atoms with Gasteiger partial charge in [0.25, 0.3) is 5.95 Å². The fourth-order valence-corrected chi connectivity index (χ4v) is 1.92. The molecule has 3 rings (SSSR count). The number of rotatable bonds is 3. The number of hydrogen-bond donors (Lipinski definition) is 1. The van der Waals surface area contributed by atoms with Crippen LogP contribution in [0.1, 0.15) is 5.76 Å². The second-order valence-electron chi connectivity index (χ2n) is 4.00. The van der Waals surface area contributed by atoms with Crippen LogP contribution in [-0.2, 0) is 6.54 Å². The molecule has 1 heterocycles. The van der Waals surface area contributed by atoms with Crippen LogP contribution in [0.3, 0.4) is 0 Å². The van der Waals surface area contributed by atoms with Gasteiger partial charge >= 0.3 is 0 Å². The number of nitrogens with two attached hydrogens (primary N) is 1. The van der Waals surface area contributed by atoms with Crippen molar-refractivity contribution in [1.82, 2.24) is 0 Å². The van der Waals surface area contributed by atoms with Crippen molar-refractivity contribution in [3.63, 3.8) is 0 Å². The van der Waals surface area contributed by atoms with E-state index in [4.69, 9.17) is 14.9 Å². The molecule has 2 aromatic carbocycles. The maximum Gasteiger partial charge on any atom is 0.290 e. The van der Waals surface area contributed by atoms with E-state index in [1.54, 1.807) is 6.07 Å². The molecule has 0 spiro atoms. The zero-order valence-corrected chi connectivity index (χ0v) is 9.80. The molecule has 18 heavy (non-hydrogen) atoms. The van der Waals surface area contributed by atoms with E-state index in [9.17, 15) is 0 Å². The fraction of sp³-hybridized carbons (Fsp3) is 0.0667. The Labute approximate surface area is 105 Å². The Morgan fingerprint density at radius 2 is 1.78 bits per heavy atom. The zero-order valence-electron chi connectivity index (χ0n) is 9.80. The minimum absolute atomic E-state index is 0.374. The molecule has 0 aliphatic rings. The van der Waals surface area contributed by atoms with Crippen molar-refractivity contribution in [2.75, 3.05) is 0 Å². The number of ether oxygens (including phenoxy) is 1. The molecule has 90 valence electrons. The van der Waals surface area contributed by atoms with Gasteiger partial charge in [0.05, 0.1) is 6.54 Å². The van der Waals surface area contributed by atoms with Crippen molar-refractivity contribution in [3.8, 4) is 11.7 Å². The molecule has 0 saturated carbocycles. The summed E-state index contributed by atoms with van der Waals surface area (Å²) in [5, 5.41) is 2.20. The minimum Gasteiger partial charge on any atom is -0.429 e. The van der Waals surface area contributed by atoms with Gasteiger partial charge in [0.15, 0.2) is 0 Å². The fourth-order valence-electron chi connectivity index (χ4n) is 1.92. The number of furan rings is 1. The van der Waals surface area contributed by atoms with Crippen LogP contribution in [0.4, 0.5) is 0 Å². The SMILES string of the molecule is NCc1ccc(Oc2cccc3ccccc23)o1. The quantitative estimate of drug-likeness (QED) is 0.758. The van der Waals surface area contributed by atoms with Crippen molar-refractivity contribution < 1.29 is 9.15 Å². The highest BCUT2D eigenvalue weighted by molar-refractivity contribution is 5.88. The third kappa shape index (κ3) is 1.96. The van der Waals surface area contributed by atoms with E-state index in [2.05, 4.69) is 12.1 Å². The summed E-state index contributed by atoms with van der Waals surface area (Å²) < 4.78 is 11.2. The van der Waals surface area contributed by atoms with E-state index in [0.29, 0.717) is 18.3 Å². The van der Waals surface area contributed by atoms with Crippen LogP contribution in [0.5, 0.6) is 11.7 Å². The molecule has 0 bridgehead atoms. The number of benzene rings is 2. The predicted octanol–water partition coefficient (Wildman–Crippen LogP) is 3.68. The van der Waals surface area contributed by atoms with E-state index < -0.39 is 0 Å². The molecule has 0 atom stereocenters. The predicted molar refractivity (Wildman–Crippen MR) is 70.6 cm³/mol. The Bertz CT molecular complexity index is 668. The Hall–Kier alpha value is -2.26. The van der Waals surface area contributed by atoms with Crippen LogP contribution in [0.15, 0.2) is 59.0 Å². The smallest absolute Gasteiger partial charge is 0.290 e. The maximum absolute atomic E-state index is 5.75. The van der Waals surface area contributed by atoms with Gasteiger partial charge in [0.2, 0.25) is 0 Å². The molecule has 3 nitrogen and oxygen atoms in total. The normalized spacial score (nSPS) is 10.7. The summed E-state index contributed by atoms with van der Waals surface area (Å²) >= 11 is 0. The average Bonchev–Trinajstić information content (AvgIpc) is 2.87. The zero-order chi connectivity index (χ0) is 12.4. The first-order chi connectivity index (χ1) is 8.86. The van der Waals surface area contributed by atoms with Crippen LogP contribution in [0.25, 0.3) is 10.8 Å². The maximum atomic E-state index is 5.75. The standard InChI is InChI=1S/C15H13NO2/c16-10-12-8-9-15(17-12)18-14-7-3-5-11-4-1-2-6-13(11)14/h1-9H,10,16H2. The summed E-state index contributed by atoms with van der Waals surface area (Å²) in [7, 11) is 0. The molecular formula is C15H13NO2. The molecule has 0 amide bonds. The van der Waals surface area contributed by atoms with Crippen LogP contribution in [0.2, 0.25) is 0 Å². The van der Waals surface area contributed by atoms with Crippen molar-refractivity contribution in [2.45, 2.75) is 6.54 Å². The van der Waals surface area contributed by atoms with Crippen molar-refractivity contribution in [1.29, 1.82) is 0 Å². The van der Waals surface area contributed by atoms with Gasteiger partial charge in [-0.3, -0.25) is 0 Å². The lowest BCUT2D eigenvalue weighted by atomic mass is 10.1. The molecule has 0 unspecified atom stereocenters. The van der Waals surface area contributed by atoms with Gasteiger partial charge in [0.1, 0.15) is 11.5 Å². The molecule has 0 fully saturated rings. The molecular weight excluding hydrogens is 226 g/mol. The monoisotopic (exact) mass is 239 g/mol. The third-order valence-electron chi connectivity index (χ3n) is 2.80. The minimum atomic E-state index is 0.374. The van der Waals surface area contributed by atoms with Crippen LogP contribution in [-0.4, -0.2) is 0 Å². The highest BCUT2D eigenvalue weighted by Gasteiger charge is 2.06. The lowest BCUT2D eigenvalue weighted by molar-refractivity contribution is 0.335. The van der Waals surface area contributed by atoms with E-state index in [-0.39, 0.29) is 0 Å². The summed E-state index contributed by atoms with van der Waals surface area (Å²) in [6, 6.07) is 17.6. The summed E-state index contributed by atoms with van der Waals surface area (Å²) in [6.07, 6.45) is 0. The van der Waals surface area contributed by atoms with E-state index in [1.807, 2.05) is 36.4 Å². The van der Waals surface area contributed by atoms with Crippen molar-refractivity contribution in [2.24, 2.45) is 5.73 Å². The van der Waals surface area contributed by atoms with Gasteiger partial charge in [-0.2, -0.15) is 0 Å². The first-order valence-electron chi connectivity index (χ1n) is 5.81. The second kappa shape index (κ2) is 4.55. The molecule has 0 radical (unpaired) electrons. The van der Waals surface area contributed by atoms with E-state index in [0.717, 1.165) is 16.5 Å². The lowest BCUT2D eigenvalue weighted by Gasteiger charge is -2.06. The molecule has 1 aromatic heterocycles. The van der Waals surface area contributed by atoms with Gasteiger partial charge in [-0.1, -0.05) is 36.4 Å². The van der Waals surface area contributed by atoms with Gasteiger partial charge in [-0.05, 0) is 17.5 Å². The highest BCUT2D eigenvalue weighted by atomic mass is 16.6.